The molecule has 0 bridgehead atoms. The Hall–Kier alpha value is -3.39. The number of aryl methyl sites for hydroxylation is 2. The molecule has 4 rings (SSSR count). The molecule has 8 nitrogen and oxygen atoms in total. The summed E-state index contributed by atoms with van der Waals surface area (Å²) in [4.78, 5) is 19.8. The van der Waals surface area contributed by atoms with Crippen molar-refractivity contribution in [2.75, 3.05) is 27.3 Å². The van der Waals surface area contributed by atoms with Crippen molar-refractivity contribution in [3.63, 3.8) is 0 Å². The molecule has 0 radical (unpaired) electrons. The van der Waals surface area contributed by atoms with Crippen molar-refractivity contribution in [1.29, 1.82) is 0 Å². The van der Waals surface area contributed by atoms with Crippen LogP contribution < -0.4 is 14.8 Å². The van der Waals surface area contributed by atoms with Crippen LogP contribution in [-0.2, 0) is 11.3 Å². The number of carbonyl (C=O) groups is 1. The lowest BCUT2D eigenvalue weighted by molar-refractivity contribution is -0.127. The monoisotopic (exact) mass is 478 g/mol. The highest BCUT2D eigenvalue weighted by atomic mass is 16.5. The fourth-order valence-electron chi connectivity index (χ4n) is 4.46. The Kier molecular flexibility index (Phi) is 7.70. The third kappa shape index (κ3) is 5.82. The molecule has 0 spiro atoms. The Labute approximate surface area is 206 Å². The van der Waals surface area contributed by atoms with Gasteiger partial charge in [0.05, 0.1) is 32.7 Å². The van der Waals surface area contributed by atoms with Crippen LogP contribution in [0.4, 0.5) is 0 Å². The van der Waals surface area contributed by atoms with Gasteiger partial charge in [-0.05, 0) is 75.0 Å². The van der Waals surface area contributed by atoms with Crippen molar-refractivity contribution in [2.24, 2.45) is 5.92 Å². The molecule has 1 amide bonds. The average molecular weight is 479 g/mol. The van der Waals surface area contributed by atoms with E-state index in [4.69, 9.17) is 14.0 Å². The van der Waals surface area contributed by atoms with E-state index in [2.05, 4.69) is 52.4 Å². The molecule has 1 aliphatic rings. The molecule has 2 atom stereocenters. The maximum absolute atomic E-state index is 13.0. The molecule has 1 saturated heterocycles. The number of methoxy groups -OCH3 is 2. The number of amides is 1. The van der Waals surface area contributed by atoms with Gasteiger partial charge >= 0.3 is 0 Å². The Balaban J connectivity index is 1.36. The predicted octanol–water partition coefficient (Wildman–Crippen LogP) is 4.46. The summed E-state index contributed by atoms with van der Waals surface area (Å²) < 4.78 is 16.2. The Morgan fingerprint density at radius 1 is 1.14 bits per heavy atom. The predicted molar refractivity (Wildman–Crippen MR) is 133 cm³/mol. The molecule has 1 aliphatic heterocycles. The molecular weight excluding hydrogens is 444 g/mol. The van der Waals surface area contributed by atoms with Crippen LogP contribution in [0.2, 0.25) is 0 Å². The summed E-state index contributed by atoms with van der Waals surface area (Å²) in [7, 11) is 3.19. The number of likely N-dealkylation sites (tertiary alicyclic amines) is 1. The van der Waals surface area contributed by atoms with Crippen molar-refractivity contribution in [1.82, 2.24) is 20.4 Å². The van der Waals surface area contributed by atoms with E-state index in [0.717, 1.165) is 30.5 Å². The Bertz CT molecular complexity index is 1180. The standard InChI is InChI=1S/C27H34N4O4/c1-17-8-9-20(13-18(17)2)19(3)28-27(32)22-7-6-12-31(15-22)16-25-29-26(30-35-25)21-10-11-23(33-4)24(14-21)34-5/h8-11,13-14,19,22H,6-7,12,15-16H2,1-5H3,(H,28,32). The van der Waals surface area contributed by atoms with Crippen LogP contribution in [0.15, 0.2) is 40.9 Å². The Morgan fingerprint density at radius 2 is 1.94 bits per heavy atom. The fraction of sp³-hybridized carbons (Fsp3) is 0.444. The summed E-state index contributed by atoms with van der Waals surface area (Å²) in [6.07, 6.45) is 1.83. The molecular formula is C27H34N4O4. The third-order valence-electron chi connectivity index (χ3n) is 6.73. The molecule has 3 aromatic rings. The van der Waals surface area contributed by atoms with Gasteiger partial charge in [0.25, 0.3) is 0 Å². The van der Waals surface area contributed by atoms with Crippen LogP contribution in [0.1, 0.15) is 48.4 Å². The minimum Gasteiger partial charge on any atom is -0.493 e. The van der Waals surface area contributed by atoms with Crippen LogP contribution in [0.25, 0.3) is 11.4 Å². The highest BCUT2D eigenvalue weighted by Crippen LogP contribution is 2.31. The van der Waals surface area contributed by atoms with Gasteiger partial charge in [0.2, 0.25) is 17.6 Å². The van der Waals surface area contributed by atoms with Gasteiger partial charge in [0, 0.05) is 12.1 Å². The molecule has 1 N–H and O–H groups in total. The lowest BCUT2D eigenvalue weighted by Crippen LogP contribution is -2.43. The zero-order valence-electron chi connectivity index (χ0n) is 21.1. The van der Waals surface area contributed by atoms with Crippen molar-refractivity contribution >= 4 is 5.91 Å². The van der Waals surface area contributed by atoms with E-state index < -0.39 is 0 Å². The van der Waals surface area contributed by atoms with Gasteiger partial charge in [-0.25, -0.2) is 0 Å². The second-order valence-corrected chi connectivity index (χ2v) is 9.23. The number of hydrogen-bond donors (Lipinski definition) is 1. The van der Waals surface area contributed by atoms with E-state index in [-0.39, 0.29) is 17.9 Å². The van der Waals surface area contributed by atoms with Gasteiger partial charge < -0.3 is 19.3 Å². The quantitative estimate of drug-likeness (QED) is 0.511. The van der Waals surface area contributed by atoms with Gasteiger partial charge in [-0.3, -0.25) is 9.69 Å². The molecule has 1 fully saturated rings. The zero-order chi connectivity index (χ0) is 24.9. The number of piperidine rings is 1. The second kappa shape index (κ2) is 10.9. The van der Waals surface area contributed by atoms with Gasteiger partial charge in [-0.2, -0.15) is 4.98 Å². The highest BCUT2D eigenvalue weighted by molar-refractivity contribution is 5.79. The van der Waals surface area contributed by atoms with Crippen molar-refractivity contribution in [2.45, 2.75) is 46.2 Å². The first-order chi connectivity index (χ1) is 16.9. The maximum atomic E-state index is 13.0. The largest absolute Gasteiger partial charge is 0.493 e. The topological polar surface area (TPSA) is 89.7 Å². The lowest BCUT2D eigenvalue weighted by Gasteiger charge is -2.31. The van der Waals surface area contributed by atoms with Gasteiger partial charge in [0.1, 0.15) is 0 Å². The molecule has 2 aromatic carbocycles. The summed E-state index contributed by atoms with van der Waals surface area (Å²) >= 11 is 0. The number of nitrogens with zero attached hydrogens (tertiary/aromatic N) is 3. The zero-order valence-corrected chi connectivity index (χ0v) is 21.1. The molecule has 35 heavy (non-hydrogen) atoms. The minimum absolute atomic E-state index is 0.0304. The normalized spacial score (nSPS) is 17.1. The van der Waals surface area contributed by atoms with Crippen LogP contribution in [0, 0.1) is 19.8 Å². The van der Waals surface area contributed by atoms with E-state index >= 15 is 0 Å². The number of nitrogens with one attached hydrogen (secondary N) is 1. The lowest BCUT2D eigenvalue weighted by atomic mass is 9.96. The maximum Gasteiger partial charge on any atom is 0.241 e. The smallest absolute Gasteiger partial charge is 0.241 e. The molecule has 186 valence electrons. The third-order valence-corrected chi connectivity index (χ3v) is 6.73. The molecule has 2 unspecified atom stereocenters. The summed E-state index contributed by atoms with van der Waals surface area (Å²) in [6, 6.07) is 11.8. The first-order valence-electron chi connectivity index (χ1n) is 12.0. The van der Waals surface area contributed by atoms with Gasteiger partial charge in [-0.1, -0.05) is 23.4 Å². The second-order valence-electron chi connectivity index (χ2n) is 9.23. The SMILES string of the molecule is COc1ccc(-c2noc(CN3CCCC(C(=O)NC(C)c4ccc(C)c(C)c4)C3)n2)cc1OC. The van der Waals surface area contributed by atoms with E-state index in [1.807, 2.05) is 25.1 Å². The number of carbonyl (C=O) groups excluding carboxylic acids is 1. The minimum atomic E-state index is -0.0639. The van der Waals surface area contributed by atoms with Crippen LogP contribution in [-0.4, -0.2) is 48.3 Å². The summed E-state index contributed by atoms with van der Waals surface area (Å²) in [5.41, 5.74) is 4.40. The molecule has 8 heteroatoms. The molecule has 0 aliphatic carbocycles. The number of rotatable bonds is 8. The number of ether oxygens (including phenoxy) is 2. The van der Waals surface area contributed by atoms with E-state index in [1.54, 1.807) is 14.2 Å². The van der Waals surface area contributed by atoms with E-state index in [0.29, 0.717) is 36.3 Å². The summed E-state index contributed by atoms with van der Waals surface area (Å²) in [6.45, 7) is 8.30. The van der Waals surface area contributed by atoms with Crippen LogP contribution >= 0.6 is 0 Å². The molecule has 2 heterocycles. The molecule has 0 saturated carbocycles. The first-order valence-corrected chi connectivity index (χ1v) is 12.0. The first kappa shape index (κ1) is 24.7. The van der Waals surface area contributed by atoms with Crippen LogP contribution in [0.3, 0.4) is 0 Å². The summed E-state index contributed by atoms with van der Waals surface area (Å²) in [5.74, 6) is 2.30. The number of hydrogen-bond acceptors (Lipinski definition) is 7. The van der Waals surface area contributed by atoms with Gasteiger partial charge in [0.15, 0.2) is 11.5 Å². The summed E-state index contributed by atoms with van der Waals surface area (Å²) in [5, 5.41) is 7.34. The van der Waals surface area contributed by atoms with E-state index in [9.17, 15) is 4.79 Å². The highest BCUT2D eigenvalue weighted by Gasteiger charge is 2.28. The number of aromatic nitrogens is 2. The van der Waals surface area contributed by atoms with Crippen LogP contribution in [0.5, 0.6) is 11.5 Å². The fourth-order valence-corrected chi connectivity index (χ4v) is 4.46. The molecule has 1 aromatic heterocycles. The average Bonchev–Trinajstić information content (AvgIpc) is 3.33. The number of benzene rings is 2. The Morgan fingerprint density at radius 3 is 2.69 bits per heavy atom. The van der Waals surface area contributed by atoms with Crippen molar-refractivity contribution in [3.05, 3.63) is 59.0 Å². The van der Waals surface area contributed by atoms with Crippen molar-refractivity contribution in [3.8, 4) is 22.9 Å². The van der Waals surface area contributed by atoms with Gasteiger partial charge in [-0.15, -0.1) is 0 Å². The van der Waals surface area contributed by atoms with Crippen molar-refractivity contribution < 1.29 is 18.8 Å². The van der Waals surface area contributed by atoms with E-state index in [1.165, 1.54) is 11.1 Å².